The number of carbonyl (C=O) groups is 2. The van der Waals surface area contributed by atoms with Gasteiger partial charge in [0.15, 0.2) is 0 Å². The van der Waals surface area contributed by atoms with E-state index in [1.165, 1.54) is 6.92 Å². The zero-order valence-corrected chi connectivity index (χ0v) is 8.56. The minimum absolute atomic E-state index is 0. The van der Waals surface area contributed by atoms with Gasteiger partial charge in [-0.1, -0.05) is 18.2 Å². The smallest absolute Gasteiger partial charge is 0.331 e. The normalized spacial score (nSPS) is 8.38. The van der Waals surface area contributed by atoms with Crippen LogP contribution in [-0.2, 0) is 27.2 Å². The molecule has 0 spiro atoms. The Morgan fingerprint density at radius 3 is 2.15 bits per heavy atom. The van der Waals surface area contributed by atoms with Crippen molar-refractivity contribution >= 4 is 11.6 Å². The zero-order chi connectivity index (χ0) is 8.97. The molecule has 0 saturated heterocycles. The molecule has 0 radical (unpaired) electrons. The number of carbonyl (C=O) groups excluding carboxylic acids is 2. The fraction of sp³-hybridized carbons (Fsp3) is 0.100. The van der Waals surface area contributed by atoms with Crippen LogP contribution in [0.25, 0.3) is 0 Å². The summed E-state index contributed by atoms with van der Waals surface area (Å²) in [4.78, 5) is 21.7. The Bertz CT molecular complexity index is 293. The van der Waals surface area contributed by atoms with Crippen LogP contribution in [0.1, 0.15) is 17.3 Å². The SMILES string of the molecule is CC(=O)[CH-]C(=O)c1ccccc1.[Ag+]. The Hall–Kier alpha value is -0.830. The molecule has 0 aliphatic carbocycles. The van der Waals surface area contributed by atoms with E-state index in [9.17, 15) is 9.59 Å². The summed E-state index contributed by atoms with van der Waals surface area (Å²) in [6.45, 7) is 1.36. The second-order valence-corrected chi connectivity index (χ2v) is 2.49. The van der Waals surface area contributed by atoms with E-state index in [0.29, 0.717) is 5.56 Å². The number of ketones is 2. The molecule has 0 fully saturated rings. The molecular formula is C10H9AgO2. The molecular weight excluding hydrogens is 260 g/mol. The molecule has 0 amide bonds. The Balaban J connectivity index is 0.00000144. The van der Waals surface area contributed by atoms with Gasteiger partial charge in [0, 0.05) is 5.78 Å². The summed E-state index contributed by atoms with van der Waals surface area (Å²) in [5.41, 5.74) is 0.549. The van der Waals surface area contributed by atoms with E-state index >= 15 is 0 Å². The second kappa shape index (κ2) is 5.75. The van der Waals surface area contributed by atoms with Crippen LogP contribution < -0.4 is 0 Å². The first-order valence-corrected chi connectivity index (χ1v) is 3.65. The van der Waals surface area contributed by atoms with Crippen LogP contribution in [0.5, 0.6) is 0 Å². The van der Waals surface area contributed by atoms with E-state index in [0.717, 1.165) is 6.42 Å². The van der Waals surface area contributed by atoms with Crippen LogP contribution >= 0.6 is 0 Å². The topological polar surface area (TPSA) is 34.1 Å². The summed E-state index contributed by atoms with van der Waals surface area (Å²) in [6.07, 6.45) is 1.09. The van der Waals surface area contributed by atoms with Crippen LogP contribution in [0, 0.1) is 6.42 Å². The summed E-state index contributed by atoms with van der Waals surface area (Å²) < 4.78 is 0. The van der Waals surface area contributed by atoms with E-state index in [4.69, 9.17) is 0 Å². The van der Waals surface area contributed by atoms with Crippen molar-refractivity contribution in [2.45, 2.75) is 6.92 Å². The molecule has 1 aromatic carbocycles. The van der Waals surface area contributed by atoms with Crippen molar-refractivity contribution in [2.24, 2.45) is 0 Å². The van der Waals surface area contributed by atoms with Crippen molar-refractivity contribution in [3.05, 3.63) is 42.3 Å². The van der Waals surface area contributed by atoms with Crippen LogP contribution in [-0.4, -0.2) is 11.6 Å². The molecule has 0 aliphatic heterocycles. The maximum absolute atomic E-state index is 11.2. The number of hydrogen-bond donors (Lipinski definition) is 0. The number of rotatable bonds is 3. The number of Topliss-reactive ketones (excluding diaryl/α,β-unsaturated/α-hetero) is 2. The molecule has 0 heterocycles. The van der Waals surface area contributed by atoms with Gasteiger partial charge in [-0.15, -0.1) is 24.1 Å². The van der Waals surface area contributed by atoms with Crippen molar-refractivity contribution < 1.29 is 32.0 Å². The van der Waals surface area contributed by atoms with Crippen molar-refractivity contribution in [3.63, 3.8) is 0 Å². The van der Waals surface area contributed by atoms with Gasteiger partial charge in [-0.25, -0.2) is 0 Å². The molecule has 0 atom stereocenters. The Labute approximate surface area is 92.8 Å². The molecule has 1 rings (SSSR count). The molecule has 13 heavy (non-hydrogen) atoms. The minimum Gasteiger partial charge on any atom is -0.331 e. The van der Waals surface area contributed by atoms with Gasteiger partial charge in [-0.05, 0) is 6.92 Å². The molecule has 3 heteroatoms. The number of hydrogen-bond acceptors (Lipinski definition) is 2. The fourth-order valence-corrected chi connectivity index (χ4v) is 0.870. The van der Waals surface area contributed by atoms with E-state index < -0.39 is 0 Å². The maximum Gasteiger partial charge on any atom is 1.00 e. The van der Waals surface area contributed by atoms with Gasteiger partial charge in [0.05, 0.1) is 5.78 Å². The van der Waals surface area contributed by atoms with Gasteiger partial charge in [-0.2, -0.15) is 0 Å². The van der Waals surface area contributed by atoms with Crippen molar-refractivity contribution in [1.82, 2.24) is 0 Å². The Kier molecular flexibility index (Phi) is 5.39. The minimum atomic E-state index is -0.233. The van der Waals surface area contributed by atoms with Gasteiger partial charge in [0.25, 0.3) is 0 Å². The molecule has 2 nitrogen and oxygen atoms in total. The molecule has 0 bridgehead atoms. The fourth-order valence-electron chi connectivity index (χ4n) is 0.870. The third-order valence-electron chi connectivity index (χ3n) is 1.39. The quantitative estimate of drug-likeness (QED) is 0.362. The van der Waals surface area contributed by atoms with Crippen molar-refractivity contribution in [2.75, 3.05) is 0 Å². The zero-order valence-electron chi connectivity index (χ0n) is 7.08. The second-order valence-electron chi connectivity index (χ2n) is 2.49. The summed E-state index contributed by atoms with van der Waals surface area (Å²) in [6, 6.07) is 8.72. The monoisotopic (exact) mass is 268 g/mol. The summed E-state index contributed by atoms with van der Waals surface area (Å²) in [5.74, 6) is -0.452. The third-order valence-corrected chi connectivity index (χ3v) is 1.39. The molecule has 0 unspecified atom stereocenters. The van der Waals surface area contributed by atoms with Crippen LogP contribution in [0.2, 0.25) is 0 Å². The Morgan fingerprint density at radius 1 is 1.15 bits per heavy atom. The first kappa shape index (κ1) is 12.2. The summed E-state index contributed by atoms with van der Waals surface area (Å²) >= 11 is 0. The summed E-state index contributed by atoms with van der Waals surface area (Å²) in [7, 11) is 0. The van der Waals surface area contributed by atoms with Crippen LogP contribution in [0.3, 0.4) is 0 Å². The van der Waals surface area contributed by atoms with Crippen molar-refractivity contribution in [1.29, 1.82) is 0 Å². The molecule has 72 valence electrons. The Morgan fingerprint density at radius 2 is 1.69 bits per heavy atom. The molecule has 0 aromatic heterocycles. The predicted octanol–water partition coefficient (Wildman–Crippen LogP) is 1.66. The van der Waals surface area contributed by atoms with Crippen LogP contribution in [0.15, 0.2) is 30.3 Å². The largest absolute Gasteiger partial charge is 1.00 e. The average molecular weight is 269 g/mol. The first-order chi connectivity index (χ1) is 5.70. The molecule has 0 N–H and O–H groups in total. The molecule has 0 aliphatic rings. The summed E-state index contributed by atoms with van der Waals surface area (Å²) in [5, 5.41) is 0. The van der Waals surface area contributed by atoms with Gasteiger partial charge in [0.1, 0.15) is 0 Å². The third kappa shape index (κ3) is 4.08. The number of benzene rings is 1. The van der Waals surface area contributed by atoms with Gasteiger partial charge in [0.2, 0.25) is 0 Å². The van der Waals surface area contributed by atoms with Gasteiger partial charge >= 0.3 is 22.4 Å². The average Bonchev–Trinajstić information content (AvgIpc) is 2.05. The predicted molar refractivity (Wildman–Crippen MR) is 45.8 cm³/mol. The van der Waals surface area contributed by atoms with E-state index in [1.54, 1.807) is 24.3 Å². The molecule has 1 aromatic rings. The maximum atomic E-state index is 11.2. The van der Waals surface area contributed by atoms with E-state index in [2.05, 4.69) is 0 Å². The molecule has 0 saturated carbocycles. The van der Waals surface area contributed by atoms with Gasteiger partial charge in [-0.3, -0.25) is 0 Å². The van der Waals surface area contributed by atoms with Gasteiger partial charge < -0.3 is 9.59 Å². The van der Waals surface area contributed by atoms with Crippen LogP contribution in [0.4, 0.5) is 0 Å². The van der Waals surface area contributed by atoms with E-state index in [-0.39, 0.29) is 33.9 Å². The first-order valence-electron chi connectivity index (χ1n) is 3.65. The standard InChI is InChI=1S/C10H9O2.Ag/c1-8(11)7-10(12)9-5-3-2-4-6-9;/h2-7H,1H3;/q-1;+1. The van der Waals surface area contributed by atoms with E-state index in [1.807, 2.05) is 6.07 Å². The van der Waals surface area contributed by atoms with Crippen molar-refractivity contribution in [3.8, 4) is 0 Å².